The van der Waals surface area contributed by atoms with Crippen LogP contribution in [0.1, 0.15) is 17.9 Å². The van der Waals surface area contributed by atoms with Gasteiger partial charge in [-0.3, -0.25) is 4.72 Å². The van der Waals surface area contributed by atoms with E-state index in [2.05, 4.69) is 4.72 Å². The van der Waals surface area contributed by atoms with E-state index in [9.17, 15) is 8.42 Å². The summed E-state index contributed by atoms with van der Waals surface area (Å²) in [6.07, 6.45) is 1.11. The highest BCUT2D eigenvalue weighted by molar-refractivity contribution is 7.92. The van der Waals surface area contributed by atoms with Gasteiger partial charge in [0.2, 0.25) is 10.0 Å². The molecule has 0 spiro atoms. The lowest BCUT2D eigenvalue weighted by molar-refractivity contribution is 0.607. The fourth-order valence-electron chi connectivity index (χ4n) is 1.06. The number of alkyl halides is 1. The molecule has 0 aliphatic heterocycles. The maximum Gasteiger partial charge on any atom is 0.229 e. The molecule has 3 nitrogen and oxygen atoms in total. The minimum Gasteiger partial charge on any atom is -0.284 e. The smallest absolute Gasteiger partial charge is 0.229 e. The molecule has 0 heterocycles. The molecule has 14 heavy (non-hydrogen) atoms. The van der Waals surface area contributed by atoms with E-state index < -0.39 is 10.0 Å². The van der Waals surface area contributed by atoms with E-state index in [-0.39, 0.29) is 5.38 Å². The molecule has 78 valence electrons. The average Bonchev–Trinajstić information content (AvgIpc) is 2.01. The van der Waals surface area contributed by atoms with Crippen molar-refractivity contribution in [2.45, 2.75) is 12.3 Å². The molecule has 1 aromatic rings. The molecule has 5 heteroatoms. The molecule has 1 atom stereocenters. The van der Waals surface area contributed by atoms with Gasteiger partial charge in [0.25, 0.3) is 0 Å². The first kappa shape index (κ1) is 11.3. The van der Waals surface area contributed by atoms with E-state index >= 15 is 0 Å². The van der Waals surface area contributed by atoms with Crippen molar-refractivity contribution in [3.05, 3.63) is 29.8 Å². The van der Waals surface area contributed by atoms with Crippen molar-refractivity contribution in [2.75, 3.05) is 11.0 Å². The first-order valence-electron chi connectivity index (χ1n) is 4.10. The first-order chi connectivity index (χ1) is 6.38. The number of sulfonamides is 1. The Labute approximate surface area is 89.1 Å². The van der Waals surface area contributed by atoms with E-state index in [0.29, 0.717) is 5.69 Å². The highest BCUT2D eigenvalue weighted by atomic mass is 35.5. The summed E-state index contributed by atoms with van der Waals surface area (Å²) in [6.45, 7) is 1.83. The van der Waals surface area contributed by atoms with Crippen LogP contribution in [0.4, 0.5) is 5.69 Å². The molecular weight excluding hydrogens is 222 g/mol. The van der Waals surface area contributed by atoms with Crippen molar-refractivity contribution in [1.82, 2.24) is 0 Å². The fraction of sp³-hybridized carbons (Fsp3) is 0.333. The molecule has 0 aliphatic rings. The maximum absolute atomic E-state index is 10.9. The van der Waals surface area contributed by atoms with Gasteiger partial charge in [-0.05, 0) is 24.6 Å². The van der Waals surface area contributed by atoms with E-state index in [1.165, 1.54) is 0 Å². The topological polar surface area (TPSA) is 46.2 Å². The van der Waals surface area contributed by atoms with Crippen LogP contribution < -0.4 is 4.72 Å². The zero-order chi connectivity index (χ0) is 10.8. The lowest BCUT2D eigenvalue weighted by Gasteiger charge is -2.07. The highest BCUT2D eigenvalue weighted by Gasteiger charge is 2.04. The number of rotatable bonds is 3. The van der Waals surface area contributed by atoms with Gasteiger partial charge in [-0.2, -0.15) is 0 Å². The second-order valence-electron chi connectivity index (χ2n) is 3.12. The Hall–Kier alpha value is -0.740. The van der Waals surface area contributed by atoms with Gasteiger partial charge in [-0.1, -0.05) is 12.1 Å². The van der Waals surface area contributed by atoms with Gasteiger partial charge in [-0.15, -0.1) is 11.6 Å². The Morgan fingerprint density at radius 2 is 2.07 bits per heavy atom. The van der Waals surface area contributed by atoms with Crippen LogP contribution >= 0.6 is 11.6 Å². The van der Waals surface area contributed by atoms with Gasteiger partial charge in [0.15, 0.2) is 0 Å². The molecule has 0 amide bonds. The van der Waals surface area contributed by atoms with Crippen LogP contribution in [0.25, 0.3) is 0 Å². The molecule has 0 saturated heterocycles. The number of anilines is 1. The van der Waals surface area contributed by atoms with Crippen molar-refractivity contribution in [3.63, 3.8) is 0 Å². The molecule has 0 bridgehead atoms. The molecule has 0 aromatic heterocycles. The van der Waals surface area contributed by atoms with Gasteiger partial charge in [0.05, 0.1) is 11.6 Å². The van der Waals surface area contributed by atoms with E-state index in [0.717, 1.165) is 11.8 Å². The number of hydrogen-bond donors (Lipinski definition) is 1. The molecule has 0 saturated carbocycles. The SMILES string of the molecule is C[C@@H](Cl)c1cccc(NS(C)(=O)=O)c1. The predicted octanol–water partition coefficient (Wildman–Crippen LogP) is 2.36. The Bertz CT molecular complexity index is 415. The molecule has 1 N–H and O–H groups in total. The van der Waals surface area contributed by atoms with Crippen LogP contribution in [0, 0.1) is 0 Å². The van der Waals surface area contributed by atoms with Gasteiger partial charge >= 0.3 is 0 Å². The lowest BCUT2D eigenvalue weighted by atomic mass is 10.1. The predicted molar refractivity (Wildman–Crippen MR) is 59.2 cm³/mol. The molecule has 0 unspecified atom stereocenters. The van der Waals surface area contributed by atoms with Crippen LogP contribution in [0.2, 0.25) is 0 Å². The number of benzene rings is 1. The Morgan fingerprint density at radius 3 is 2.57 bits per heavy atom. The summed E-state index contributed by atoms with van der Waals surface area (Å²) in [5.41, 5.74) is 1.43. The van der Waals surface area contributed by atoms with E-state index in [4.69, 9.17) is 11.6 Å². The summed E-state index contributed by atoms with van der Waals surface area (Å²) in [5.74, 6) is 0. The van der Waals surface area contributed by atoms with Crippen LogP contribution in [-0.2, 0) is 10.0 Å². The van der Waals surface area contributed by atoms with Crippen LogP contribution in [-0.4, -0.2) is 14.7 Å². The van der Waals surface area contributed by atoms with Crippen molar-refractivity contribution < 1.29 is 8.42 Å². The van der Waals surface area contributed by atoms with E-state index in [1.807, 2.05) is 13.0 Å². The van der Waals surface area contributed by atoms with E-state index in [1.54, 1.807) is 18.2 Å². The van der Waals surface area contributed by atoms with Gasteiger partial charge < -0.3 is 0 Å². The number of hydrogen-bond acceptors (Lipinski definition) is 2. The molecular formula is C9H12ClNO2S. The number of halogens is 1. The third-order valence-electron chi connectivity index (χ3n) is 1.65. The van der Waals surface area contributed by atoms with Crippen LogP contribution in [0.5, 0.6) is 0 Å². The summed E-state index contributed by atoms with van der Waals surface area (Å²) < 4.78 is 24.3. The Morgan fingerprint density at radius 1 is 1.43 bits per heavy atom. The fourth-order valence-corrected chi connectivity index (χ4v) is 1.75. The second-order valence-corrected chi connectivity index (χ2v) is 5.52. The van der Waals surface area contributed by atoms with Crippen molar-refractivity contribution in [1.29, 1.82) is 0 Å². The normalized spacial score (nSPS) is 13.6. The minimum absolute atomic E-state index is 0.128. The zero-order valence-corrected chi connectivity index (χ0v) is 9.56. The third kappa shape index (κ3) is 3.55. The monoisotopic (exact) mass is 233 g/mol. The highest BCUT2D eigenvalue weighted by Crippen LogP contribution is 2.22. The standard InChI is InChI=1S/C9H12ClNO2S/c1-7(10)8-4-3-5-9(6-8)11-14(2,12)13/h3-7,11H,1-2H3/t7-/m1/s1. The summed E-state index contributed by atoms with van der Waals surface area (Å²) >= 11 is 5.87. The van der Waals surface area contributed by atoms with Gasteiger partial charge in [0, 0.05) is 5.69 Å². The molecule has 1 rings (SSSR count). The maximum atomic E-state index is 10.9. The molecule has 1 aromatic carbocycles. The number of nitrogens with one attached hydrogen (secondary N) is 1. The van der Waals surface area contributed by atoms with Gasteiger partial charge in [0.1, 0.15) is 0 Å². The molecule has 0 fully saturated rings. The average molecular weight is 234 g/mol. The lowest BCUT2D eigenvalue weighted by Crippen LogP contribution is -2.09. The second kappa shape index (κ2) is 4.19. The minimum atomic E-state index is -3.21. The van der Waals surface area contributed by atoms with Crippen molar-refractivity contribution in [2.24, 2.45) is 0 Å². The summed E-state index contributed by atoms with van der Waals surface area (Å²) in [5, 5.41) is -0.128. The van der Waals surface area contributed by atoms with Crippen molar-refractivity contribution in [3.8, 4) is 0 Å². The Kier molecular flexibility index (Phi) is 3.39. The summed E-state index contributed by atoms with van der Waals surface area (Å²) in [4.78, 5) is 0. The Balaban J connectivity index is 2.95. The van der Waals surface area contributed by atoms with Gasteiger partial charge in [-0.25, -0.2) is 8.42 Å². The quantitative estimate of drug-likeness (QED) is 0.815. The third-order valence-corrected chi connectivity index (χ3v) is 2.51. The molecule has 0 aliphatic carbocycles. The molecule has 0 radical (unpaired) electrons. The summed E-state index contributed by atoms with van der Waals surface area (Å²) in [6, 6.07) is 7.02. The van der Waals surface area contributed by atoms with Crippen LogP contribution in [0.15, 0.2) is 24.3 Å². The first-order valence-corrected chi connectivity index (χ1v) is 6.43. The summed E-state index contributed by atoms with van der Waals surface area (Å²) in [7, 11) is -3.21. The van der Waals surface area contributed by atoms with Crippen LogP contribution in [0.3, 0.4) is 0 Å². The van der Waals surface area contributed by atoms with Crippen molar-refractivity contribution >= 4 is 27.3 Å². The zero-order valence-electron chi connectivity index (χ0n) is 7.99. The largest absolute Gasteiger partial charge is 0.284 e.